The number of piperidine rings is 1. The van der Waals surface area contributed by atoms with Crippen molar-refractivity contribution < 1.29 is 8.42 Å². The van der Waals surface area contributed by atoms with Gasteiger partial charge in [-0.05, 0) is 43.5 Å². The van der Waals surface area contributed by atoms with E-state index in [9.17, 15) is 8.42 Å². The summed E-state index contributed by atoms with van der Waals surface area (Å²) in [5.74, 6) is 0.132. The van der Waals surface area contributed by atoms with Crippen LogP contribution in [0.4, 0.5) is 0 Å². The summed E-state index contributed by atoms with van der Waals surface area (Å²) in [6.07, 6.45) is 5.83. The molecular formula is C12H19N3O2S. The minimum atomic E-state index is -3.19. The van der Waals surface area contributed by atoms with Gasteiger partial charge in [0.15, 0.2) is 0 Å². The van der Waals surface area contributed by atoms with E-state index in [-0.39, 0.29) is 11.8 Å². The van der Waals surface area contributed by atoms with Crippen molar-refractivity contribution in [3.8, 4) is 0 Å². The molecule has 1 saturated heterocycles. The lowest BCUT2D eigenvalue weighted by atomic mass is 10.1. The highest BCUT2D eigenvalue weighted by Gasteiger charge is 2.19. The van der Waals surface area contributed by atoms with Crippen molar-refractivity contribution >= 4 is 10.0 Å². The van der Waals surface area contributed by atoms with Crippen LogP contribution in [-0.4, -0.2) is 38.3 Å². The smallest absolute Gasteiger partial charge is 0.212 e. The highest BCUT2D eigenvalue weighted by molar-refractivity contribution is 7.89. The predicted octanol–water partition coefficient (Wildman–Crippen LogP) is 0.295. The molecule has 0 amide bonds. The number of hydrogen-bond donors (Lipinski definition) is 2. The largest absolute Gasteiger partial charge is 0.315 e. The number of rotatable bonds is 5. The van der Waals surface area contributed by atoms with Crippen molar-refractivity contribution in [2.45, 2.75) is 25.3 Å². The van der Waals surface area contributed by atoms with Crippen LogP contribution < -0.4 is 10.0 Å². The molecule has 0 aliphatic carbocycles. The number of aromatic nitrogens is 1. The number of hydrogen-bond acceptors (Lipinski definition) is 4. The van der Waals surface area contributed by atoms with Crippen molar-refractivity contribution in [1.82, 2.24) is 15.0 Å². The Morgan fingerprint density at radius 3 is 2.83 bits per heavy atom. The van der Waals surface area contributed by atoms with Gasteiger partial charge in [0, 0.05) is 25.0 Å². The molecule has 6 heteroatoms. The quantitative estimate of drug-likeness (QED) is 0.806. The first-order valence-electron chi connectivity index (χ1n) is 6.25. The second kappa shape index (κ2) is 6.26. The summed E-state index contributed by atoms with van der Waals surface area (Å²) in [4.78, 5) is 3.91. The van der Waals surface area contributed by atoms with E-state index in [4.69, 9.17) is 0 Å². The molecule has 1 aliphatic heterocycles. The van der Waals surface area contributed by atoms with Crippen LogP contribution in [0.5, 0.6) is 0 Å². The van der Waals surface area contributed by atoms with Crippen LogP contribution in [-0.2, 0) is 16.4 Å². The Bertz CT molecular complexity index is 455. The zero-order valence-corrected chi connectivity index (χ0v) is 11.1. The van der Waals surface area contributed by atoms with Gasteiger partial charge in [-0.2, -0.15) is 0 Å². The second-order valence-electron chi connectivity index (χ2n) is 4.59. The molecule has 1 atom stereocenters. The van der Waals surface area contributed by atoms with Gasteiger partial charge in [-0.25, -0.2) is 13.1 Å². The molecule has 2 N–H and O–H groups in total. The summed E-state index contributed by atoms with van der Waals surface area (Å²) >= 11 is 0. The third-order valence-corrected chi connectivity index (χ3v) is 4.49. The molecular weight excluding hydrogens is 250 g/mol. The lowest BCUT2D eigenvalue weighted by Crippen LogP contribution is -2.46. The summed E-state index contributed by atoms with van der Waals surface area (Å²) in [6.45, 7) is 1.71. The predicted molar refractivity (Wildman–Crippen MR) is 70.8 cm³/mol. The highest BCUT2D eigenvalue weighted by atomic mass is 32.2. The maximum Gasteiger partial charge on any atom is 0.212 e. The van der Waals surface area contributed by atoms with Gasteiger partial charge in [0.25, 0.3) is 0 Å². The minimum Gasteiger partial charge on any atom is -0.315 e. The van der Waals surface area contributed by atoms with Crippen LogP contribution in [0, 0.1) is 0 Å². The van der Waals surface area contributed by atoms with Gasteiger partial charge in [0.2, 0.25) is 10.0 Å². The Hall–Kier alpha value is -0.980. The Morgan fingerprint density at radius 1 is 1.39 bits per heavy atom. The zero-order chi connectivity index (χ0) is 12.8. The van der Waals surface area contributed by atoms with Crippen LogP contribution >= 0.6 is 0 Å². The van der Waals surface area contributed by atoms with Crippen molar-refractivity contribution in [2.24, 2.45) is 0 Å². The van der Waals surface area contributed by atoms with Gasteiger partial charge in [-0.1, -0.05) is 0 Å². The monoisotopic (exact) mass is 269 g/mol. The number of nitrogens with one attached hydrogen (secondary N) is 2. The molecule has 0 radical (unpaired) electrons. The van der Waals surface area contributed by atoms with Crippen LogP contribution in [0.3, 0.4) is 0 Å². The molecule has 1 unspecified atom stereocenters. The lowest BCUT2D eigenvalue weighted by molar-refractivity contribution is 0.428. The van der Waals surface area contributed by atoms with Crippen LogP contribution in [0.25, 0.3) is 0 Å². The first-order chi connectivity index (χ1) is 8.66. The summed E-state index contributed by atoms with van der Waals surface area (Å²) in [5, 5.41) is 3.20. The Balaban J connectivity index is 1.83. The summed E-state index contributed by atoms with van der Waals surface area (Å²) in [5.41, 5.74) is 0.997. The Labute approximate surface area is 108 Å². The van der Waals surface area contributed by atoms with Crippen molar-refractivity contribution in [3.63, 3.8) is 0 Å². The van der Waals surface area contributed by atoms with Crippen molar-refractivity contribution in [1.29, 1.82) is 0 Å². The molecule has 2 rings (SSSR count). The third-order valence-electron chi connectivity index (χ3n) is 3.05. The molecule has 100 valence electrons. The van der Waals surface area contributed by atoms with E-state index in [2.05, 4.69) is 15.0 Å². The molecule has 5 nitrogen and oxygen atoms in total. The highest BCUT2D eigenvalue weighted by Crippen LogP contribution is 2.05. The lowest BCUT2D eigenvalue weighted by Gasteiger charge is -2.23. The van der Waals surface area contributed by atoms with E-state index >= 15 is 0 Å². The molecule has 0 bridgehead atoms. The molecule has 1 aromatic heterocycles. The fourth-order valence-corrected chi connectivity index (χ4v) is 3.40. The summed E-state index contributed by atoms with van der Waals surface area (Å²) in [6, 6.07) is 3.73. The van der Waals surface area contributed by atoms with E-state index < -0.39 is 10.0 Å². The minimum absolute atomic E-state index is 0.0428. The van der Waals surface area contributed by atoms with Crippen molar-refractivity contribution in [2.75, 3.05) is 18.8 Å². The van der Waals surface area contributed by atoms with E-state index in [0.29, 0.717) is 6.42 Å². The van der Waals surface area contributed by atoms with Crippen LogP contribution in [0.2, 0.25) is 0 Å². The maximum absolute atomic E-state index is 11.9. The van der Waals surface area contributed by atoms with Gasteiger partial charge in [0.1, 0.15) is 0 Å². The van der Waals surface area contributed by atoms with E-state index in [1.54, 1.807) is 12.4 Å². The first-order valence-corrected chi connectivity index (χ1v) is 7.90. The van der Waals surface area contributed by atoms with E-state index in [0.717, 1.165) is 31.5 Å². The van der Waals surface area contributed by atoms with E-state index in [1.807, 2.05) is 12.1 Å². The number of sulfonamides is 1. The third kappa shape index (κ3) is 4.36. The average molecular weight is 269 g/mol. The second-order valence-corrected chi connectivity index (χ2v) is 6.46. The molecule has 1 aromatic rings. The van der Waals surface area contributed by atoms with Gasteiger partial charge < -0.3 is 5.32 Å². The molecule has 2 heterocycles. The normalized spacial score (nSPS) is 20.8. The fraction of sp³-hybridized carbons (Fsp3) is 0.583. The Kier molecular flexibility index (Phi) is 4.68. The van der Waals surface area contributed by atoms with Crippen LogP contribution in [0.15, 0.2) is 24.5 Å². The fourth-order valence-electron chi connectivity index (χ4n) is 2.07. The van der Waals surface area contributed by atoms with Crippen molar-refractivity contribution in [3.05, 3.63) is 30.1 Å². The van der Waals surface area contributed by atoms with Crippen LogP contribution in [0.1, 0.15) is 18.4 Å². The molecule has 18 heavy (non-hydrogen) atoms. The van der Waals surface area contributed by atoms with E-state index in [1.165, 1.54) is 0 Å². The topological polar surface area (TPSA) is 71.1 Å². The number of pyridine rings is 1. The molecule has 0 aromatic carbocycles. The standard InChI is InChI=1S/C12H19N3O2S/c16-18(17,15-12-2-1-6-14-10-12)9-5-11-3-7-13-8-4-11/h3-4,7-8,12,14-15H,1-2,5-6,9-10H2. The molecule has 1 aliphatic rings. The van der Waals surface area contributed by atoms with Gasteiger partial charge >= 0.3 is 0 Å². The SMILES string of the molecule is O=S(=O)(CCc1ccncc1)NC1CCCNC1. The molecule has 1 fully saturated rings. The zero-order valence-electron chi connectivity index (χ0n) is 10.3. The maximum atomic E-state index is 11.9. The van der Waals surface area contributed by atoms with Gasteiger partial charge in [-0.3, -0.25) is 4.98 Å². The summed E-state index contributed by atoms with van der Waals surface area (Å²) in [7, 11) is -3.19. The Morgan fingerprint density at radius 2 is 2.17 bits per heavy atom. The molecule has 0 saturated carbocycles. The summed E-state index contributed by atoms with van der Waals surface area (Å²) < 4.78 is 26.6. The van der Waals surface area contributed by atoms with Gasteiger partial charge in [0.05, 0.1) is 5.75 Å². The number of nitrogens with zero attached hydrogens (tertiary/aromatic N) is 1. The van der Waals surface area contributed by atoms with Gasteiger partial charge in [-0.15, -0.1) is 0 Å². The first kappa shape index (κ1) is 13.5. The number of aryl methyl sites for hydroxylation is 1. The molecule has 0 spiro atoms. The average Bonchev–Trinajstić information content (AvgIpc) is 2.38.